The molecular weight excluding hydrogens is 404 g/mol. The SMILES string of the molecule is COc1cc(C(C)C)c2c(=O)oc(-c3cccnc3N3CCN(CC4CC4)CC3)nc2c1. The molecule has 1 aliphatic carbocycles. The van der Waals surface area contributed by atoms with Crippen molar-refractivity contribution in [2.75, 3.05) is 44.7 Å². The molecule has 0 radical (unpaired) electrons. The Labute approximate surface area is 188 Å². The van der Waals surface area contributed by atoms with Crippen LogP contribution in [0.3, 0.4) is 0 Å². The minimum atomic E-state index is -0.375. The summed E-state index contributed by atoms with van der Waals surface area (Å²) < 4.78 is 11.2. The van der Waals surface area contributed by atoms with E-state index in [4.69, 9.17) is 14.1 Å². The van der Waals surface area contributed by atoms with Gasteiger partial charge in [0.05, 0.1) is 23.6 Å². The van der Waals surface area contributed by atoms with Crippen LogP contribution in [-0.4, -0.2) is 54.7 Å². The lowest BCUT2D eigenvalue weighted by atomic mass is 9.98. The predicted molar refractivity (Wildman–Crippen MR) is 126 cm³/mol. The number of pyridine rings is 1. The van der Waals surface area contributed by atoms with E-state index in [0.29, 0.717) is 22.5 Å². The molecule has 32 heavy (non-hydrogen) atoms. The predicted octanol–water partition coefficient (Wildman–Crippen LogP) is 3.91. The van der Waals surface area contributed by atoms with E-state index in [9.17, 15) is 4.79 Å². The molecule has 0 amide bonds. The van der Waals surface area contributed by atoms with Gasteiger partial charge in [-0.2, -0.15) is 0 Å². The maximum absolute atomic E-state index is 13.0. The zero-order valence-corrected chi connectivity index (χ0v) is 19.0. The number of methoxy groups -OCH3 is 1. The topological polar surface area (TPSA) is 71.7 Å². The lowest BCUT2D eigenvalue weighted by Crippen LogP contribution is -2.47. The number of hydrogen-bond acceptors (Lipinski definition) is 7. The van der Waals surface area contributed by atoms with Crippen LogP contribution >= 0.6 is 0 Å². The fourth-order valence-corrected chi connectivity index (χ4v) is 4.52. The first-order chi connectivity index (χ1) is 15.5. The molecule has 0 bridgehead atoms. The van der Waals surface area contributed by atoms with Gasteiger partial charge in [0.2, 0.25) is 5.89 Å². The van der Waals surface area contributed by atoms with Crippen molar-refractivity contribution >= 4 is 16.7 Å². The Kier molecular flexibility index (Phi) is 5.59. The van der Waals surface area contributed by atoms with Gasteiger partial charge in [0, 0.05) is 45.0 Å². The summed E-state index contributed by atoms with van der Waals surface area (Å²) in [6, 6.07) is 7.48. The Morgan fingerprint density at radius 1 is 1.19 bits per heavy atom. The molecule has 1 saturated heterocycles. The Morgan fingerprint density at radius 3 is 2.66 bits per heavy atom. The normalized spacial score (nSPS) is 17.3. The van der Waals surface area contributed by atoms with Gasteiger partial charge < -0.3 is 14.1 Å². The minimum absolute atomic E-state index is 0.143. The summed E-state index contributed by atoms with van der Waals surface area (Å²) in [5.41, 5.74) is 1.84. The van der Waals surface area contributed by atoms with E-state index in [2.05, 4.69) is 14.8 Å². The van der Waals surface area contributed by atoms with Crippen molar-refractivity contribution in [2.24, 2.45) is 5.92 Å². The molecular formula is C25H30N4O3. The van der Waals surface area contributed by atoms with Gasteiger partial charge in [-0.3, -0.25) is 4.90 Å². The Balaban J connectivity index is 1.51. The third kappa shape index (κ3) is 4.09. The monoisotopic (exact) mass is 434 g/mol. The third-order valence-corrected chi connectivity index (χ3v) is 6.50. The van der Waals surface area contributed by atoms with Crippen molar-refractivity contribution in [3.63, 3.8) is 0 Å². The molecule has 3 heterocycles. The molecule has 5 rings (SSSR count). The molecule has 7 nitrogen and oxygen atoms in total. The van der Waals surface area contributed by atoms with Crippen LogP contribution in [-0.2, 0) is 0 Å². The average molecular weight is 435 g/mol. The number of nitrogens with zero attached hydrogens (tertiary/aromatic N) is 4. The molecule has 1 saturated carbocycles. The second-order valence-electron chi connectivity index (χ2n) is 9.18. The Bertz CT molecular complexity index is 1180. The van der Waals surface area contributed by atoms with E-state index in [1.807, 2.05) is 32.0 Å². The van der Waals surface area contributed by atoms with E-state index in [1.54, 1.807) is 19.4 Å². The molecule has 7 heteroatoms. The van der Waals surface area contributed by atoms with E-state index >= 15 is 0 Å². The molecule has 0 N–H and O–H groups in total. The summed E-state index contributed by atoms with van der Waals surface area (Å²) in [6.45, 7) is 9.16. The molecule has 2 aliphatic rings. The van der Waals surface area contributed by atoms with Crippen LogP contribution in [0.5, 0.6) is 5.75 Å². The number of anilines is 1. The van der Waals surface area contributed by atoms with Crippen LogP contribution in [0.4, 0.5) is 5.82 Å². The maximum Gasteiger partial charge on any atom is 0.347 e. The number of fused-ring (bicyclic) bond motifs is 1. The fourth-order valence-electron chi connectivity index (χ4n) is 4.52. The molecule has 1 aromatic carbocycles. The van der Waals surface area contributed by atoms with Crippen molar-refractivity contribution < 1.29 is 9.15 Å². The van der Waals surface area contributed by atoms with Gasteiger partial charge in [0.15, 0.2) is 0 Å². The summed E-state index contributed by atoms with van der Waals surface area (Å²) in [5.74, 6) is 2.85. The maximum atomic E-state index is 13.0. The molecule has 0 unspecified atom stereocenters. The summed E-state index contributed by atoms with van der Waals surface area (Å²) >= 11 is 0. The molecule has 2 fully saturated rings. The first kappa shape index (κ1) is 20.9. The summed E-state index contributed by atoms with van der Waals surface area (Å²) in [5, 5.41) is 0.517. The summed E-state index contributed by atoms with van der Waals surface area (Å²) in [4.78, 5) is 27.3. The van der Waals surface area contributed by atoms with Crippen LogP contribution in [0.15, 0.2) is 39.7 Å². The average Bonchev–Trinajstić information content (AvgIpc) is 3.62. The first-order valence-electron chi connectivity index (χ1n) is 11.5. The highest BCUT2D eigenvalue weighted by Gasteiger charge is 2.28. The van der Waals surface area contributed by atoms with Gasteiger partial charge in [-0.1, -0.05) is 13.8 Å². The van der Waals surface area contributed by atoms with E-state index < -0.39 is 0 Å². The van der Waals surface area contributed by atoms with Crippen LogP contribution in [0.1, 0.15) is 38.2 Å². The van der Waals surface area contributed by atoms with Crippen molar-refractivity contribution in [3.8, 4) is 17.2 Å². The quantitative estimate of drug-likeness (QED) is 0.582. The molecule has 1 aliphatic heterocycles. The lowest BCUT2D eigenvalue weighted by Gasteiger charge is -2.36. The largest absolute Gasteiger partial charge is 0.497 e. The van der Waals surface area contributed by atoms with Crippen molar-refractivity contribution in [2.45, 2.75) is 32.6 Å². The number of hydrogen-bond donors (Lipinski definition) is 0. The highest BCUT2D eigenvalue weighted by molar-refractivity contribution is 5.85. The number of ether oxygens (including phenoxy) is 1. The Morgan fingerprint density at radius 2 is 1.97 bits per heavy atom. The number of rotatable bonds is 6. The van der Waals surface area contributed by atoms with Gasteiger partial charge >= 0.3 is 5.63 Å². The van der Waals surface area contributed by atoms with Gasteiger partial charge in [-0.25, -0.2) is 14.8 Å². The molecule has 2 aromatic heterocycles. The summed E-state index contributed by atoms with van der Waals surface area (Å²) in [6.07, 6.45) is 4.54. The number of aromatic nitrogens is 2. The second kappa shape index (κ2) is 8.54. The fraction of sp³-hybridized carbons (Fsp3) is 0.480. The zero-order valence-electron chi connectivity index (χ0n) is 19.0. The highest BCUT2D eigenvalue weighted by atomic mass is 16.5. The molecule has 0 atom stereocenters. The first-order valence-corrected chi connectivity index (χ1v) is 11.5. The highest BCUT2D eigenvalue weighted by Crippen LogP contribution is 2.33. The van der Waals surface area contributed by atoms with Crippen molar-refractivity contribution in [3.05, 3.63) is 46.4 Å². The molecule has 168 valence electrons. The van der Waals surface area contributed by atoms with E-state index in [-0.39, 0.29) is 11.5 Å². The van der Waals surface area contributed by atoms with Crippen molar-refractivity contribution in [1.82, 2.24) is 14.9 Å². The van der Waals surface area contributed by atoms with E-state index in [0.717, 1.165) is 49.0 Å². The number of piperazine rings is 1. The Hall–Kier alpha value is -2.93. The van der Waals surface area contributed by atoms with Gasteiger partial charge in [0.25, 0.3) is 0 Å². The van der Waals surface area contributed by atoms with Gasteiger partial charge in [-0.15, -0.1) is 0 Å². The standard InChI is InChI=1S/C25H30N4O3/c1-16(2)20-13-18(31-3)14-21-22(20)25(30)32-24(27-21)19-5-4-8-26-23(19)29-11-9-28(10-12-29)15-17-6-7-17/h4-5,8,13-14,16-17H,6-7,9-12,15H2,1-3H3. The lowest BCUT2D eigenvalue weighted by molar-refractivity contribution is 0.247. The van der Waals surface area contributed by atoms with Crippen molar-refractivity contribution in [1.29, 1.82) is 0 Å². The van der Waals surface area contributed by atoms with E-state index in [1.165, 1.54) is 19.4 Å². The van der Waals surface area contributed by atoms with Crippen LogP contribution in [0, 0.1) is 5.92 Å². The summed E-state index contributed by atoms with van der Waals surface area (Å²) in [7, 11) is 1.62. The van der Waals surface area contributed by atoms with Gasteiger partial charge in [0.1, 0.15) is 11.6 Å². The van der Waals surface area contributed by atoms with Gasteiger partial charge in [-0.05, 0) is 48.4 Å². The zero-order chi connectivity index (χ0) is 22.2. The molecule has 0 spiro atoms. The third-order valence-electron chi connectivity index (χ3n) is 6.50. The van der Waals surface area contributed by atoms with Crippen LogP contribution in [0.25, 0.3) is 22.4 Å². The second-order valence-corrected chi connectivity index (χ2v) is 9.18. The van der Waals surface area contributed by atoms with Crippen LogP contribution < -0.4 is 15.3 Å². The smallest absolute Gasteiger partial charge is 0.347 e. The van der Waals surface area contributed by atoms with Crippen LogP contribution in [0.2, 0.25) is 0 Å². The molecule has 3 aromatic rings. The minimum Gasteiger partial charge on any atom is -0.497 e. The number of benzene rings is 1.